The zero-order valence-corrected chi connectivity index (χ0v) is 16.1. The monoisotopic (exact) mass is 397 g/mol. The van der Waals surface area contributed by atoms with Crippen LogP contribution >= 0.6 is 11.6 Å². The standard InChI is InChI=1S/C16H20ClN5O3S/c1-21-7-9-22(10-8-21)16-6-5-15(18-19-16)20-26(23,24)14-11-12(17)3-4-13(14)25-2/h3-6,11H,7-10H2,1-2H3,(H,18,20). The second-order valence-corrected chi connectivity index (χ2v) is 8.06. The average Bonchev–Trinajstić information content (AvgIpc) is 2.63. The van der Waals surface area contributed by atoms with Crippen molar-refractivity contribution in [2.24, 2.45) is 0 Å². The van der Waals surface area contributed by atoms with E-state index in [1.54, 1.807) is 18.2 Å². The molecule has 1 N–H and O–H groups in total. The highest BCUT2D eigenvalue weighted by atomic mass is 35.5. The summed E-state index contributed by atoms with van der Waals surface area (Å²) in [6.07, 6.45) is 0. The van der Waals surface area contributed by atoms with Crippen molar-refractivity contribution >= 4 is 33.3 Å². The van der Waals surface area contributed by atoms with Gasteiger partial charge in [0.2, 0.25) is 0 Å². The van der Waals surface area contributed by atoms with Crippen LogP contribution in [0, 0.1) is 0 Å². The van der Waals surface area contributed by atoms with Gasteiger partial charge in [-0.05, 0) is 37.4 Å². The van der Waals surface area contributed by atoms with Crippen molar-refractivity contribution in [2.45, 2.75) is 4.90 Å². The predicted octanol–water partition coefficient (Wildman–Crippen LogP) is 1.69. The minimum absolute atomic E-state index is 0.0579. The summed E-state index contributed by atoms with van der Waals surface area (Å²) in [6.45, 7) is 3.61. The normalized spacial score (nSPS) is 15.7. The van der Waals surface area contributed by atoms with Crippen LogP contribution in [0.2, 0.25) is 5.02 Å². The second-order valence-electron chi connectivity index (χ2n) is 5.97. The number of likely N-dealkylation sites (N-methyl/N-ethyl adjacent to an activating group) is 1. The SMILES string of the molecule is COc1ccc(Cl)cc1S(=O)(=O)Nc1ccc(N2CCN(C)CC2)nn1. The van der Waals surface area contributed by atoms with E-state index in [2.05, 4.69) is 31.8 Å². The summed E-state index contributed by atoms with van der Waals surface area (Å²) in [6, 6.07) is 7.73. The van der Waals surface area contributed by atoms with E-state index >= 15 is 0 Å². The Morgan fingerprint density at radius 2 is 1.85 bits per heavy atom. The van der Waals surface area contributed by atoms with E-state index in [1.807, 2.05) is 0 Å². The molecule has 2 aromatic rings. The van der Waals surface area contributed by atoms with Crippen molar-refractivity contribution in [1.29, 1.82) is 0 Å². The predicted molar refractivity (Wildman–Crippen MR) is 101 cm³/mol. The lowest BCUT2D eigenvalue weighted by atomic mass is 10.3. The van der Waals surface area contributed by atoms with Gasteiger partial charge in [0.15, 0.2) is 11.6 Å². The smallest absolute Gasteiger partial charge is 0.266 e. The Morgan fingerprint density at radius 1 is 1.12 bits per heavy atom. The molecule has 1 aromatic carbocycles. The average molecular weight is 398 g/mol. The van der Waals surface area contributed by atoms with Gasteiger partial charge in [-0.1, -0.05) is 11.6 Å². The number of ether oxygens (including phenoxy) is 1. The number of benzene rings is 1. The van der Waals surface area contributed by atoms with E-state index in [0.29, 0.717) is 5.02 Å². The van der Waals surface area contributed by atoms with Crippen molar-refractivity contribution in [3.05, 3.63) is 35.4 Å². The highest BCUT2D eigenvalue weighted by molar-refractivity contribution is 7.92. The zero-order valence-electron chi connectivity index (χ0n) is 14.5. The highest BCUT2D eigenvalue weighted by Gasteiger charge is 2.21. The Hall–Kier alpha value is -2.10. The van der Waals surface area contributed by atoms with E-state index in [4.69, 9.17) is 16.3 Å². The minimum atomic E-state index is -3.91. The summed E-state index contributed by atoms with van der Waals surface area (Å²) in [5, 5.41) is 8.42. The fraction of sp³-hybridized carbons (Fsp3) is 0.375. The molecule has 0 unspecified atom stereocenters. The fourth-order valence-electron chi connectivity index (χ4n) is 2.64. The molecular formula is C16H20ClN5O3S. The van der Waals surface area contributed by atoms with Crippen molar-refractivity contribution in [3.8, 4) is 5.75 Å². The molecule has 1 saturated heterocycles. The maximum Gasteiger partial charge on any atom is 0.266 e. The van der Waals surface area contributed by atoms with Gasteiger partial charge in [0, 0.05) is 31.2 Å². The molecule has 1 aliphatic heterocycles. The zero-order chi connectivity index (χ0) is 18.7. The first-order valence-corrected chi connectivity index (χ1v) is 9.89. The van der Waals surface area contributed by atoms with Crippen LogP contribution in [-0.4, -0.2) is 63.9 Å². The van der Waals surface area contributed by atoms with Gasteiger partial charge < -0.3 is 14.5 Å². The Bertz CT molecular complexity index is 868. The minimum Gasteiger partial charge on any atom is -0.495 e. The molecule has 1 fully saturated rings. The third-order valence-corrected chi connectivity index (χ3v) is 5.74. The largest absolute Gasteiger partial charge is 0.495 e. The molecule has 0 bridgehead atoms. The van der Waals surface area contributed by atoms with Gasteiger partial charge in [0.25, 0.3) is 10.0 Å². The Kier molecular flexibility index (Phi) is 5.49. The summed E-state index contributed by atoms with van der Waals surface area (Å²) in [5.41, 5.74) is 0. The number of aromatic nitrogens is 2. The summed E-state index contributed by atoms with van der Waals surface area (Å²) in [5.74, 6) is 1.05. The van der Waals surface area contributed by atoms with Crippen LogP contribution in [0.15, 0.2) is 35.2 Å². The lowest BCUT2D eigenvalue weighted by molar-refractivity contribution is 0.312. The number of sulfonamides is 1. The molecule has 1 aromatic heterocycles. The first-order chi connectivity index (χ1) is 12.4. The quantitative estimate of drug-likeness (QED) is 0.821. The van der Waals surface area contributed by atoms with Crippen LogP contribution < -0.4 is 14.4 Å². The Balaban J connectivity index is 1.77. The van der Waals surface area contributed by atoms with Gasteiger partial charge in [0.1, 0.15) is 10.6 Å². The molecule has 10 heteroatoms. The number of hydrogen-bond acceptors (Lipinski definition) is 7. The van der Waals surface area contributed by atoms with Gasteiger partial charge in [0.05, 0.1) is 7.11 Å². The van der Waals surface area contributed by atoms with E-state index in [1.165, 1.54) is 19.2 Å². The molecule has 0 radical (unpaired) electrons. The fourth-order valence-corrected chi connectivity index (χ4v) is 4.07. The van der Waals surface area contributed by atoms with Crippen molar-refractivity contribution in [1.82, 2.24) is 15.1 Å². The summed E-state index contributed by atoms with van der Waals surface area (Å²) in [4.78, 5) is 4.30. The summed E-state index contributed by atoms with van der Waals surface area (Å²) in [7, 11) is -0.436. The maximum absolute atomic E-state index is 12.6. The Morgan fingerprint density at radius 3 is 2.46 bits per heavy atom. The van der Waals surface area contributed by atoms with Crippen molar-refractivity contribution < 1.29 is 13.2 Å². The molecule has 26 heavy (non-hydrogen) atoms. The number of piperazine rings is 1. The maximum atomic E-state index is 12.6. The summed E-state index contributed by atoms with van der Waals surface area (Å²) < 4.78 is 32.8. The molecular weight excluding hydrogens is 378 g/mol. The second kappa shape index (κ2) is 7.65. The van der Waals surface area contributed by atoms with Gasteiger partial charge in [-0.3, -0.25) is 4.72 Å². The van der Waals surface area contributed by atoms with Crippen molar-refractivity contribution in [2.75, 3.05) is 50.0 Å². The molecule has 0 aliphatic carbocycles. The number of nitrogens with one attached hydrogen (secondary N) is 1. The third kappa shape index (κ3) is 4.17. The van der Waals surface area contributed by atoms with E-state index < -0.39 is 10.0 Å². The number of hydrogen-bond donors (Lipinski definition) is 1. The topological polar surface area (TPSA) is 87.7 Å². The number of nitrogens with zero attached hydrogens (tertiary/aromatic N) is 4. The number of methoxy groups -OCH3 is 1. The first kappa shape index (κ1) is 18.7. The van der Waals surface area contributed by atoms with Crippen molar-refractivity contribution in [3.63, 3.8) is 0 Å². The molecule has 8 nitrogen and oxygen atoms in total. The van der Waals surface area contributed by atoms with E-state index in [9.17, 15) is 8.42 Å². The van der Waals surface area contributed by atoms with Gasteiger partial charge >= 0.3 is 0 Å². The van der Waals surface area contributed by atoms with Crippen LogP contribution in [0.3, 0.4) is 0 Å². The molecule has 0 atom stereocenters. The lowest BCUT2D eigenvalue weighted by Gasteiger charge is -2.32. The Labute approximate surface area is 157 Å². The summed E-state index contributed by atoms with van der Waals surface area (Å²) >= 11 is 5.92. The molecule has 3 rings (SSSR count). The molecule has 2 heterocycles. The van der Waals surface area contributed by atoms with Gasteiger partial charge in [-0.2, -0.15) is 0 Å². The molecule has 0 saturated carbocycles. The van der Waals surface area contributed by atoms with Crippen LogP contribution in [-0.2, 0) is 10.0 Å². The number of anilines is 2. The first-order valence-electron chi connectivity index (χ1n) is 8.02. The van der Waals surface area contributed by atoms with Crippen LogP contribution in [0.5, 0.6) is 5.75 Å². The third-order valence-electron chi connectivity index (χ3n) is 4.13. The van der Waals surface area contributed by atoms with E-state index in [-0.39, 0.29) is 16.5 Å². The number of rotatable bonds is 5. The molecule has 1 aliphatic rings. The molecule has 0 amide bonds. The van der Waals surface area contributed by atoms with Crippen LogP contribution in [0.25, 0.3) is 0 Å². The lowest BCUT2D eigenvalue weighted by Crippen LogP contribution is -2.44. The van der Waals surface area contributed by atoms with Crippen LogP contribution in [0.1, 0.15) is 0 Å². The molecule has 0 spiro atoms. The van der Waals surface area contributed by atoms with Gasteiger partial charge in [-0.25, -0.2) is 8.42 Å². The molecule has 140 valence electrons. The highest BCUT2D eigenvalue weighted by Crippen LogP contribution is 2.28. The number of halogens is 1. The van der Waals surface area contributed by atoms with E-state index in [0.717, 1.165) is 32.0 Å². The van der Waals surface area contributed by atoms with Crippen LogP contribution in [0.4, 0.5) is 11.6 Å². The van der Waals surface area contributed by atoms with Gasteiger partial charge in [-0.15, -0.1) is 10.2 Å².